The zero-order chi connectivity index (χ0) is 22.0. The van der Waals surface area contributed by atoms with Crippen LogP contribution in [0.15, 0.2) is 48.5 Å². The SMILES string of the molecule is COc1ccccc1C(=O)N1CCN(c2nc(-c3ccc(C)cc3)nc(C)c2C)CC1. The molecule has 1 aliphatic heterocycles. The van der Waals surface area contributed by atoms with E-state index >= 15 is 0 Å². The second kappa shape index (κ2) is 8.76. The maximum atomic E-state index is 13.0. The zero-order valence-corrected chi connectivity index (χ0v) is 18.6. The third-order valence-electron chi connectivity index (χ3n) is 5.88. The second-order valence-electron chi connectivity index (χ2n) is 7.93. The monoisotopic (exact) mass is 416 g/mol. The molecule has 0 N–H and O–H groups in total. The van der Waals surface area contributed by atoms with Gasteiger partial charge in [0.1, 0.15) is 11.6 Å². The summed E-state index contributed by atoms with van der Waals surface area (Å²) in [6, 6.07) is 15.7. The average molecular weight is 417 g/mol. The van der Waals surface area contributed by atoms with Crippen molar-refractivity contribution < 1.29 is 9.53 Å². The number of hydrogen-bond acceptors (Lipinski definition) is 5. The summed E-state index contributed by atoms with van der Waals surface area (Å²) in [5, 5.41) is 0. The maximum absolute atomic E-state index is 13.0. The van der Waals surface area contributed by atoms with E-state index in [-0.39, 0.29) is 5.91 Å². The van der Waals surface area contributed by atoms with E-state index in [0.717, 1.165) is 41.6 Å². The number of para-hydroxylation sites is 1. The molecule has 0 radical (unpaired) electrons. The number of nitrogens with zero attached hydrogens (tertiary/aromatic N) is 4. The summed E-state index contributed by atoms with van der Waals surface area (Å²) in [5.41, 5.74) is 4.89. The summed E-state index contributed by atoms with van der Waals surface area (Å²) >= 11 is 0. The van der Waals surface area contributed by atoms with Gasteiger partial charge in [0.15, 0.2) is 5.82 Å². The highest BCUT2D eigenvalue weighted by molar-refractivity contribution is 5.97. The van der Waals surface area contributed by atoms with Crippen LogP contribution in [0.3, 0.4) is 0 Å². The number of methoxy groups -OCH3 is 1. The van der Waals surface area contributed by atoms with Crippen LogP contribution in [0.25, 0.3) is 11.4 Å². The molecule has 0 aliphatic carbocycles. The lowest BCUT2D eigenvalue weighted by atomic mass is 10.1. The highest BCUT2D eigenvalue weighted by Gasteiger charge is 2.26. The lowest BCUT2D eigenvalue weighted by Crippen LogP contribution is -2.49. The molecule has 4 rings (SSSR count). The molecule has 6 nitrogen and oxygen atoms in total. The molecule has 2 aromatic carbocycles. The number of anilines is 1. The van der Waals surface area contributed by atoms with Gasteiger partial charge in [0.05, 0.1) is 12.7 Å². The van der Waals surface area contributed by atoms with E-state index in [2.05, 4.69) is 43.0 Å². The van der Waals surface area contributed by atoms with E-state index in [9.17, 15) is 4.79 Å². The molecule has 2 heterocycles. The quantitative estimate of drug-likeness (QED) is 0.642. The number of piperazine rings is 1. The topological polar surface area (TPSA) is 58.6 Å². The Morgan fingerprint density at radius 1 is 0.903 bits per heavy atom. The number of amides is 1. The molecule has 0 bridgehead atoms. The molecule has 0 atom stereocenters. The Balaban J connectivity index is 1.53. The summed E-state index contributed by atoms with van der Waals surface area (Å²) in [4.78, 5) is 26.8. The van der Waals surface area contributed by atoms with Gasteiger partial charge >= 0.3 is 0 Å². The fourth-order valence-corrected chi connectivity index (χ4v) is 3.87. The van der Waals surface area contributed by atoms with Gasteiger partial charge in [-0.05, 0) is 32.9 Å². The van der Waals surface area contributed by atoms with Crippen LogP contribution in [-0.2, 0) is 0 Å². The minimum absolute atomic E-state index is 0.00744. The van der Waals surface area contributed by atoms with Crippen molar-refractivity contribution >= 4 is 11.7 Å². The molecule has 0 spiro atoms. The molecule has 6 heteroatoms. The van der Waals surface area contributed by atoms with E-state index in [4.69, 9.17) is 14.7 Å². The standard InChI is InChI=1S/C25H28N4O2/c1-17-9-11-20(12-10-17)23-26-19(3)18(2)24(27-23)28-13-15-29(16-14-28)25(30)21-7-5-6-8-22(21)31-4/h5-12H,13-16H2,1-4H3. The van der Waals surface area contributed by atoms with E-state index in [1.807, 2.05) is 36.1 Å². The summed E-state index contributed by atoms with van der Waals surface area (Å²) in [6.45, 7) is 8.90. The number of carbonyl (C=O) groups excluding carboxylic acids is 1. The third kappa shape index (κ3) is 4.24. The molecule has 31 heavy (non-hydrogen) atoms. The van der Waals surface area contributed by atoms with Crippen LogP contribution in [0, 0.1) is 20.8 Å². The van der Waals surface area contributed by atoms with Gasteiger partial charge in [0, 0.05) is 43.0 Å². The van der Waals surface area contributed by atoms with E-state index < -0.39 is 0 Å². The molecule has 0 unspecified atom stereocenters. The van der Waals surface area contributed by atoms with Gasteiger partial charge < -0.3 is 14.5 Å². The number of carbonyl (C=O) groups is 1. The molecule has 1 aliphatic rings. The molecule has 1 saturated heterocycles. The number of rotatable bonds is 4. The first-order valence-corrected chi connectivity index (χ1v) is 10.6. The molecule has 1 fully saturated rings. The van der Waals surface area contributed by atoms with Gasteiger partial charge in [0.25, 0.3) is 5.91 Å². The Morgan fingerprint density at radius 2 is 1.58 bits per heavy atom. The predicted octanol–water partition coefficient (Wildman–Crippen LogP) is 4.04. The Morgan fingerprint density at radius 3 is 2.26 bits per heavy atom. The van der Waals surface area contributed by atoms with Crippen LogP contribution >= 0.6 is 0 Å². The summed E-state index contributed by atoms with van der Waals surface area (Å²) in [5.74, 6) is 2.31. The van der Waals surface area contributed by atoms with Crippen LogP contribution in [0.1, 0.15) is 27.2 Å². The fraction of sp³-hybridized carbons (Fsp3) is 0.320. The van der Waals surface area contributed by atoms with Crippen molar-refractivity contribution in [3.05, 3.63) is 70.9 Å². The number of hydrogen-bond donors (Lipinski definition) is 0. The highest BCUT2D eigenvalue weighted by Crippen LogP contribution is 2.26. The van der Waals surface area contributed by atoms with Crippen molar-refractivity contribution in [2.45, 2.75) is 20.8 Å². The highest BCUT2D eigenvalue weighted by atomic mass is 16.5. The van der Waals surface area contributed by atoms with Gasteiger partial charge in [0.2, 0.25) is 0 Å². The molecule has 160 valence electrons. The minimum atomic E-state index is 0.00744. The number of aryl methyl sites for hydroxylation is 2. The Labute approximate surface area is 183 Å². The van der Waals surface area contributed by atoms with Crippen molar-refractivity contribution in [3.63, 3.8) is 0 Å². The van der Waals surface area contributed by atoms with Crippen molar-refractivity contribution in [2.75, 3.05) is 38.2 Å². The average Bonchev–Trinajstić information content (AvgIpc) is 2.81. The van der Waals surface area contributed by atoms with E-state index in [0.29, 0.717) is 24.4 Å². The van der Waals surface area contributed by atoms with Crippen LogP contribution in [0.2, 0.25) is 0 Å². The van der Waals surface area contributed by atoms with Crippen LogP contribution in [0.4, 0.5) is 5.82 Å². The van der Waals surface area contributed by atoms with Crippen LogP contribution < -0.4 is 9.64 Å². The molecular weight excluding hydrogens is 388 g/mol. The first-order chi connectivity index (χ1) is 15.0. The smallest absolute Gasteiger partial charge is 0.257 e. The van der Waals surface area contributed by atoms with E-state index in [1.54, 1.807) is 7.11 Å². The van der Waals surface area contributed by atoms with Gasteiger partial charge in [-0.25, -0.2) is 9.97 Å². The first kappa shape index (κ1) is 20.8. The van der Waals surface area contributed by atoms with Gasteiger partial charge in [-0.1, -0.05) is 42.0 Å². The molecule has 0 saturated carbocycles. The molecular formula is C25H28N4O2. The number of aromatic nitrogens is 2. The lowest BCUT2D eigenvalue weighted by molar-refractivity contribution is 0.0743. The Kier molecular flexibility index (Phi) is 5.89. The van der Waals surface area contributed by atoms with Gasteiger partial charge in [-0.2, -0.15) is 0 Å². The molecule has 1 aromatic heterocycles. The van der Waals surface area contributed by atoms with Crippen molar-refractivity contribution in [2.24, 2.45) is 0 Å². The lowest BCUT2D eigenvalue weighted by Gasteiger charge is -2.36. The zero-order valence-electron chi connectivity index (χ0n) is 18.6. The fourth-order valence-electron chi connectivity index (χ4n) is 3.87. The second-order valence-corrected chi connectivity index (χ2v) is 7.93. The van der Waals surface area contributed by atoms with Gasteiger partial charge in [-0.3, -0.25) is 4.79 Å². The van der Waals surface area contributed by atoms with Crippen LogP contribution in [0.5, 0.6) is 5.75 Å². The summed E-state index contributed by atoms with van der Waals surface area (Å²) < 4.78 is 5.36. The molecule has 3 aromatic rings. The van der Waals surface area contributed by atoms with E-state index in [1.165, 1.54) is 5.56 Å². The number of ether oxygens (including phenoxy) is 1. The minimum Gasteiger partial charge on any atom is -0.496 e. The maximum Gasteiger partial charge on any atom is 0.257 e. The predicted molar refractivity (Wildman–Crippen MR) is 123 cm³/mol. The molecule has 1 amide bonds. The Bertz CT molecular complexity index is 1090. The van der Waals surface area contributed by atoms with Crippen molar-refractivity contribution in [1.82, 2.24) is 14.9 Å². The number of benzene rings is 2. The Hall–Kier alpha value is -3.41. The first-order valence-electron chi connectivity index (χ1n) is 10.6. The summed E-state index contributed by atoms with van der Waals surface area (Å²) in [6.07, 6.45) is 0. The van der Waals surface area contributed by atoms with Crippen molar-refractivity contribution in [1.29, 1.82) is 0 Å². The normalized spacial score (nSPS) is 13.9. The van der Waals surface area contributed by atoms with Crippen LogP contribution in [-0.4, -0.2) is 54.1 Å². The van der Waals surface area contributed by atoms with Crippen molar-refractivity contribution in [3.8, 4) is 17.1 Å². The third-order valence-corrected chi connectivity index (χ3v) is 5.88. The largest absolute Gasteiger partial charge is 0.496 e. The summed E-state index contributed by atoms with van der Waals surface area (Å²) in [7, 11) is 1.59. The van der Waals surface area contributed by atoms with Gasteiger partial charge in [-0.15, -0.1) is 0 Å².